The Kier molecular flexibility index (Phi) is 4.01. The van der Waals surface area contributed by atoms with Crippen molar-refractivity contribution in [1.82, 2.24) is 4.90 Å². The first-order valence-electron chi connectivity index (χ1n) is 6.01. The van der Waals surface area contributed by atoms with Crippen LogP contribution in [0.1, 0.15) is 22.8 Å². The highest BCUT2D eigenvalue weighted by Crippen LogP contribution is 2.25. The summed E-state index contributed by atoms with van der Waals surface area (Å²) in [6.45, 7) is 2.71. The summed E-state index contributed by atoms with van der Waals surface area (Å²) in [4.78, 5) is 23.9. The van der Waals surface area contributed by atoms with Crippen LogP contribution in [-0.2, 0) is 20.8 Å². The minimum Gasteiger partial charge on any atom is -0.413 e. The molecule has 1 unspecified atom stereocenters. The molecule has 19 heavy (non-hydrogen) atoms. The molecule has 0 radical (unpaired) electrons. The van der Waals surface area contributed by atoms with E-state index in [4.69, 9.17) is 9.47 Å². The summed E-state index contributed by atoms with van der Waals surface area (Å²) in [7, 11) is 1.67. The van der Waals surface area contributed by atoms with Crippen molar-refractivity contribution >= 4 is 18.1 Å². The van der Waals surface area contributed by atoms with E-state index in [1.807, 2.05) is 13.0 Å². The number of hydrogen-bond acceptors (Lipinski definition) is 5. The lowest BCUT2D eigenvalue weighted by Gasteiger charge is -2.26. The first-order chi connectivity index (χ1) is 9.13. The van der Waals surface area contributed by atoms with Gasteiger partial charge >= 0.3 is 5.97 Å². The molecule has 0 spiro atoms. The molecule has 1 aromatic carbocycles. The zero-order valence-electron chi connectivity index (χ0n) is 10.9. The molecule has 2 rings (SSSR count). The number of anilines is 1. The number of carbonyl (C=O) groups excluding carboxylic acids is 2. The number of benzene rings is 1. The molecular formula is C13H16N2O4. The van der Waals surface area contributed by atoms with Gasteiger partial charge in [0.25, 0.3) is 6.41 Å². The van der Waals surface area contributed by atoms with E-state index in [1.54, 1.807) is 19.2 Å². The van der Waals surface area contributed by atoms with Crippen LogP contribution in [0.2, 0.25) is 0 Å². The van der Waals surface area contributed by atoms with Gasteiger partial charge in [-0.1, -0.05) is 6.07 Å². The van der Waals surface area contributed by atoms with Gasteiger partial charge < -0.3 is 19.7 Å². The highest BCUT2D eigenvalue weighted by Gasteiger charge is 2.26. The van der Waals surface area contributed by atoms with Crippen LogP contribution in [-0.4, -0.2) is 37.3 Å². The minimum absolute atomic E-state index is 0.428. The van der Waals surface area contributed by atoms with Gasteiger partial charge in [0, 0.05) is 20.2 Å². The average molecular weight is 264 g/mol. The van der Waals surface area contributed by atoms with Crippen LogP contribution >= 0.6 is 0 Å². The standard InChI is InChI=1S/C13H16N2O4/c1-3-18-13-14-11-5-4-9(7-15(2)8-16)6-10(11)12(17)19-13/h4-6,8,13-14H,3,7H2,1-2H3. The highest BCUT2D eigenvalue weighted by atomic mass is 16.7. The topological polar surface area (TPSA) is 67.9 Å². The summed E-state index contributed by atoms with van der Waals surface area (Å²) in [5.74, 6) is -0.428. The Balaban J connectivity index is 2.19. The van der Waals surface area contributed by atoms with Gasteiger partial charge in [0.1, 0.15) is 0 Å². The number of nitrogens with one attached hydrogen (secondary N) is 1. The minimum atomic E-state index is -0.742. The molecule has 0 aliphatic carbocycles. The van der Waals surface area contributed by atoms with Crippen molar-refractivity contribution in [1.29, 1.82) is 0 Å². The monoisotopic (exact) mass is 264 g/mol. The molecule has 6 nitrogen and oxygen atoms in total. The van der Waals surface area contributed by atoms with Crippen LogP contribution in [0, 0.1) is 0 Å². The zero-order valence-corrected chi connectivity index (χ0v) is 10.9. The summed E-state index contributed by atoms with van der Waals surface area (Å²) in [5.41, 5.74) is 1.99. The number of cyclic esters (lactones) is 1. The molecule has 1 aliphatic heterocycles. The third-order valence-corrected chi connectivity index (χ3v) is 2.72. The Hall–Kier alpha value is -2.08. The smallest absolute Gasteiger partial charge is 0.343 e. The lowest BCUT2D eigenvalue weighted by Crippen LogP contribution is -2.34. The molecule has 0 bridgehead atoms. The van der Waals surface area contributed by atoms with E-state index in [0.29, 0.717) is 24.4 Å². The van der Waals surface area contributed by atoms with E-state index in [9.17, 15) is 9.59 Å². The van der Waals surface area contributed by atoms with Crippen molar-refractivity contribution in [2.45, 2.75) is 19.9 Å². The van der Waals surface area contributed by atoms with E-state index in [0.717, 1.165) is 12.0 Å². The van der Waals surface area contributed by atoms with Crippen molar-refractivity contribution in [3.05, 3.63) is 29.3 Å². The lowest BCUT2D eigenvalue weighted by molar-refractivity contribution is -0.117. The second-order valence-corrected chi connectivity index (χ2v) is 4.24. The Morgan fingerprint density at radius 1 is 1.53 bits per heavy atom. The fourth-order valence-corrected chi connectivity index (χ4v) is 1.85. The van der Waals surface area contributed by atoms with Crippen molar-refractivity contribution < 1.29 is 19.1 Å². The Labute approximate surface area is 111 Å². The van der Waals surface area contributed by atoms with E-state index in [-0.39, 0.29) is 0 Å². The molecule has 1 aromatic rings. The van der Waals surface area contributed by atoms with Gasteiger partial charge in [0.05, 0.1) is 11.3 Å². The van der Waals surface area contributed by atoms with Gasteiger partial charge in [-0.05, 0) is 24.6 Å². The van der Waals surface area contributed by atoms with E-state index < -0.39 is 12.4 Å². The summed E-state index contributed by atoms with van der Waals surface area (Å²) in [6.07, 6.45) is -0.00489. The number of fused-ring (bicyclic) bond motifs is 1. The maximum absolute atomic E-state index is 11.9. The molecule has 0 fully saturated rings. The maximum atomic E-state index is 11.9. The molecule has 1 aliphatic rings. The predicted octanol–water partition coefficient (Wildman–Crippen LogP) is 1.18. The Morgan fingerprint density at radius 3 is 3.00 bits per heavy atom. The third-order valence-electron chi connectivity index (χ3n) is 2.72. The number of hydrogen-bond donors (Lipinski definition) is 1. The van der Waals surface area contributed by atoms with Gasteiger partial charge in [0.2, 0.25) is 6.41 Å². The Morgan fingerprint density at radius 2 is 2.32 bits per heavy atom. The van der Waals surface area contributed by atoms with Crippen LogP contribution in [0.15, 0.2) is 18.2 Å². The van der Waals surface area contributed by atoms with Gasteiger partial charge in [-0.15, -0.1) is 0 Å². The summed E-state index contributed by atoms with van der Waals surface area (Å²) >= 11 is 0. The van der Waals surface area contributed by atoms with E-state index in [2.05, 4.69) is 5.32 Å². The third kappa shape index (κ3) is 3.03. The van der Waals surface area contributed by atoms with Crippen molar-refractivity contribution in [3.8, 4) is 0 Å². The quantitative estimate of drug-likeness (QED) is 0.639. The fraction of sp³-hybridized carbons (Fsp3) is 0.385. The first-order valence-corrected chi connectivity index (χ1v) is 6.01. The largest absolute Gasteiger partial charge is 0.413 e. The van der Waals surface area contributed by atoms with Gasteiger partial charge in [0.15, 0.2) is 0 Å². The summed E-state index contributed by atoms with van der Waals surface area (Å²) in [5, 5.41) is 2.97. The number of rotatable bonds is 5. The second-order valence-electron chi connectivity index (χ2n) is 4.24. The van der Waals surface area contributed by atoms with Gasteiger partial charge in [-0.25, -0.2) is 4.79 Å². The average Bonchev–Trinajstić information content (AvgIpc) is 2.40. The molecule has 1 atom stereocenters. The maximum Gasteiger partial charge on any atom is 0.343 e. The van der Waals surface area contributed by atoms with Crippen molar-refractivity contribution in [3.63, 3.8) is 0 Å². The Bertz CT molecular complexity index is 490. The molecule has 1 N–H and O–H groups in total. The molecule has 1 amide bonds. The number of ether oxygens (including phenoxy) is 2. The van der Waals surface area contributed by atoms with Crippen molar-refractivity contribution in [2.24, 2.45) is 0 Å². The molecule has 0 saturated heterocycles. The lowest BCUT2D eigenvalue weighted by atomic mass is 10.1. The highest BCUT2D eigenvalue weighted by molar-refractivity contribution is 5.97. The van der Waals surface area contributed by atoms with Crippen LogP contribution in [0.5, 0.6) is 0 Å². The SMILES string of the molecule is CCOC1Nc2ccc(CN(C)C=O)cc2C(=O)O1. The molecule has 0 saturated carbocycles. The van der Waals surface area contributed by atoms with Crippen molar-refractivity contribution in [2.75, 3.05) is 19.0 Å². The van der Waals surface area contributed by atoms with Crippen LogP contribution in [0.4, 0.5) is 5.69 Å². The van der Waals surface area contributed by atoms with Gasteiger partial charge in [-0.3, -0.25) is 4.79 Å². The van der Waals surface area contributed by atoms with E-state index in [1.165, 1.54) is 4.90 Å². The number of amides is 1. The first kappa shape index (κ1) is 13.4. The molecule has 6 heteroatoms. The van der Waals surface area contributed by atoms with E-state index >= 15 is 0 Å². The molecule has 102 valence electrons. The second kappa shape index (κ2) is 5.71. The number of esters is 1. The molecular weight excluding hydrogens is 248 g/mol. The molecule has 0 aromatic heterocycles. The van der Waals surface area contributed by atoms with Crippen LogP contribution in [0.3, 0.4) is 0 Å². The summed E-state index contributed by atoms with van der Waals surface area (Å²) < 4.78 is 10.3. The van der Waals surface area contributed by atoms with Crippen LogP contribution in [0.25, 0.3) is 0 Å². The number of carbonyl (C=O) groups is 2. The number of nitrogens with zero attached hydrogens (tertiary/aromatic N) is 1. The fourth-order valence-electron chi connectivity index (χ4n) is 1.85. The normalized spacial score (nSPS) is 17.2. The zero-order chi connectivity index (χ0) is 13.8. The molecule has 1 heterocycles. The summed E-state index contributed by atoms with van der Waals surface area (Å²) in [6, 6.07) is 5.36. The van der Waals surface area contributed by atoms with Crippen LogP contribution < -0.4 is 5.32 Å². The van der Waals surface area contributed by atoms with Gasteiger partial charge in [-0.2, -0.15) is 0 Å². The predicted molar refractivity (Wildman–Crippen MR) is 68.4 cm³/mol.